The lowest BCUT2D eigenvalue weighted by Crippen LogP contribution is -2.20. The van der Waals surface area contributed by atoms with E-state index >= 15 is 4.39 Å². The largest absolute Gasteiger partial charge is 0.373 e. The summed E-state index contributed by atoms with van der Waals surface area (Å²) in [4.78, 5) is 0. The SMILES string of the molecule is C=CCCC1CCC(c2ccc(-c3ccc(-c4ccc(CCCCCC)c(F)c4F)cc3)c(F)c2)OC1. The smallest absolute Gasteiger partial charge is 0.166 e. The molecule has 0 amide bonds. The molecule has 3 aromatic carbocycles. The lowest BCUT2D eigenvalue weighted by molar-refractivity contribution is -0.0191. The summed E-state index contributed by atoms with van der Waals surface area (Å²) in [7, 11) is 0. The molecule has 0 aliphatic carbocycles. The predicted octanol–water partition coefficient (Wildman–Crippen LogP) is 9.99. The van der Waals surface area contributed by atoms with E-state index in [1.165, 1.54) is 0 Å². The highest BCUT2D eigenvalue weighted by molar-refractivity contribution is 5.71. The maximum Gasteiger partial charge on any atom is 0.166 e. The van der Waals surface area contributed by atoms with Gasteiger partial charge in [-0.1, -0.05) is 80.8 Å². The van der Waals surface area contributed by atoms with E-state index in [1.54, 1.807) is 48.5 Å². The number of halogens is 3. The Hall–Kier alpha value is -2.85. The molecule has 1 nitrogen and oxygen atoms in total. The van der Waals surface area contributed by atoms with Crippen LogP contribution in [0.3, 0.4) is 0 Å². The molecule has 1 heterocycles. The monoisotopic (exact) mass is 506 g/mol. The molecule has 0 spiro atoms. The average Bonchev–Trinajstić information content (AvgIpc) is 2.92. The number of aryl methyl sites for hydroxylation is 1. The van der Waals surface area contributed by atoms with Gasteiger partial charge in [-0.3, -0.25) is 0 Å². The summed E-state index contributed by atoms with van der Waals surface area (Å²) < 4.78 is 50.7. The highest BCUT2D eigenvalue weighted by Crippen LogP contribution is 2.35. The van der Waals surface area contributed by atoms with Crippen molar-refractivity contribution in [2.75, 3.05) is 6.61 Å². The summed E-state index contributed by atoms with van der Waals surface area (Å²) >= 11 is 0. The molecule has 4 rings (SSSR count). The van der Waals surface area contributed by atoms with Crippen molar-refractivity contribution in [1.82, 2.24) is 0 Å². The third-order valence-corrected chi connectivity index (χ3v) is 7.48. The van der Waals surface area contributed by atoms with Crippen LogP contribution in [0, 0.1) is 23.4 Å². The molecule has 0 radical (unpaired) electrons. The zero-order valence-electron chi connectivity index (χ0n) is 21.7. The quantitative estimate of drug-likeness (QED) is 0.186. The Morgan fingerprint density at radius 2 is 1.59 bits per heavy atom. The highest BCUT2D eigenvalue weighted by Gasteiger charge is 2.23. The van der Waals surface area contributed by atoms with Crippen LogP contribution in [0.5, 0.6) is 0 Å². The van der Waals surface area contributed by atoms with Gasteiger partial charge in [0, 0.05) is 11.1 Å². The second-order valence-corrected chi connectivity index (χ2v) is 10.2. The summed E-state index contributed by atoms with van der Waals surface area (Å²) in [5, 5.41) is 0. The number of benzene rings is 3. The number of allylic oxidation sites excluding steroid dienone is 1. The molecule has 1 aliphatic heterocycles. The van der Waals surface area contributed by atoms with E-state index < -0.39 is 11.6 Å². The number of unbranched alkanes of at least 4 members (excludes halogenated alkanes) is 3. The lowest BCUT2D eigenvalue weighted by atomic mass is 9.91. The minimum absolute atomic E-state index is 0.0848. The molecule has 0 saturated carbocycles. The summed E-state index contributed by atoms with van der Waals surface area (Å²) in [5.74, 6) is -1.36. The molecule has 37 heavy (non-hydrogen) atoms. The van der Waals surface area contributed by atoms with Crippen molar-refractivity contribution in [3.05, 3.63) is 95.8 Å². The molecular weight excluding hydrogens is 469 g/mol. The Morgan fingerprint density at radius 1 is 0.865 bits per heavy atom. The van der Waals surface area contributed by atoms with Crippen molar-refractivity contribution in [2.24, 2.45) is 5.92 Å². The Kier molecular flexibility index (Phi) is 9.62. The van der Waals surface area contributed by atoms with Crippen LogP contribution < -0.4 is 0 Å². The number of ether oxygens (including phenoxy) is 1. The van der Waals surface area contributed by atoms with E-state index in [0.717, 1.165) is 56.9 Å². The first-order valence-electron chi connectivity index (χ1n) is 13.6. The van der Waals surface area contributed by atoms with Gasteiger partial charge in [0.1, 0.15) is 5.82 Å². The third kappa shape index (κ3) is 6.73. The van der Waals surface area contributed by atoms with Crippen LogP contribution in [0.1, 0.15) is 75.5 Å². The minimum Gasteiger partial charge on any atom is -0.373 e. The zero-order chi connectivity index (χ0) is 26.2. The van der Waals surface area contributed by atoms with Gasteiger partial charge in [0.25, 0.3) is 0 Å². The molecule has 0 aromatic heterocycles. The standard InChI is InChI=1S/C33H37F3O/c1-3-5-7-8-10-26-16-19-29(33(36)32(26)35)25-14-12-24(13-15-25)28-18-17-27(21-30(28)34)31-20-11-23(22-37-31)9-6-4-2/h4,12-19,21,23,31H,2-3,5-11,20,22H2,1H3. The summed E-state index contributed by atoms with van der Waals surface area (Å²) in [6.45, 7) is 6.60. The Balaban J connectivity index is 1.44. The van der Waals surface area contributed by atoms with Gasteiger partial charge in [0.15, 0.2) is 11.6 Å². The van der Waals surface area contributed by atoms with E-state index in [-0.39, 0.29) is 17.5 Å². The van der Waals surface area contributed by atoms with Crippen molar-refractivity contribution in [3.63, 3.8) is 0 Å². The molecule has 2 atom stereocenters. The van der Waals surface area contributed by atoms with Crippen molar-refractivity contribution < 1.29 is 17.9 Å². The second-order valence-electron chi connectivity index (χ2n) is 10.2. The molecule has 196 valence electrons. The Bertz CT molecular complexity index is 1180. The molecule has 3 aromatic rings. The van der Waals surface area contributed by atoms with Crippen LogP contribution in [0.15, 0.2) is 67.3 Å². The topological polar surface area (TPSA) is 9.23 Å². The van der Waals surface area contributed by atoms with E-state index in [4.69, 9.17) is 4.74 Å². The van der Waals surface area contributed by atoms with Crippen LogP contribution in [0.4, 0.5) is 13.2 Å². The predicted molar refractivity (Wildman–Crippen MR) is 146 cm³/mol. The number of hydrogen-bond donors (Lipinski definition) is 0. The first kappa shape index (κ1) is 27.2. The fraction of sp³-hybridized carbons (Fsp3) is 0.394. The van der Waals surface area contributed by atoms with Crippen LogP contribution in [0.25, 0.3) is 22.3 Å². The van der Waals surface area contributed by atoms with Crippen molar-refractivity contribution >= 4 is 0 Å². The first-order chi connectivity index (χ1) is 18.0. The summed E-state index contributed by atoms with van der Waals surface area (Å²) in [6.07, 6.45) is 10.5. The summed E-state index contributed by atoms with van der Waals surface area (Å²) in [5.41, 5.74) is 3.23. The second kappa shape index (κ2) is 13.1. The molecule has 1 fully saturated rings. The van der Waals surface area contributed by atoms with Crippen LogP contribution in [0.2, 0.25) is 0 Å². The van der Waals surface area contributed by atoms with Crippen molar-refractivity contribution in [2.45, 2.75) is 70.8 Å². The lowest BCUT2D eigenvalue weighted by Gasteiger charge is -2.29. The maximum absolute atomic E-state index is 15.1. The van der Waals surface area contributed by atoms with E-state index in [9.17, 15) is 8.78 Å². The van der Waals surface area contributed by atoms with Crippen molar-refractivity contribution in [1.29, 1.82) is 0 Å². The molecule has 0 bridgehead atoms. The van der Waals surface area contributed by atoms with Gasteiger partial charge in [-0.2, -0.15) is 0 Å². The number of rotatable bonds is 11. The number of hydrogen-bond acceptors (Lipinski definition) is 1. The van der Waals surface area contributed by atoms with Gasteiger partial charge >= 0.3 is 0 Å². The molecule has 1 saturated heterocycles. The fourth-order valence-corrected chi connectivity index (χ4v) is 5.19. The van der Waals surface area contributed by atoms with Crippen LogP contribution in [-0.4, -0.2) is 6.61 Å². The zero-order valence-corrected chi connectivity index (χ0v) is 21.7. The van der Waals surface area contributed by atoms with Gasteiger partial charge < -0.3 is 4.74 Å². The molecular formula is C33H37F3O. The minimum atomic E-state index is -0.824. The van der Waals surface area contributed by atoms with Gasteiger partial charge in [-0.05, 0) is 72.8 Å². The van der Waals surface area contributed by atoms with Gasteiger partial charge in [0.2, 0.25) is 0 Å². The Morgan fingerprint density at radius 3 is 2.24 bits per heavy atom. The van der Waals surface area contributed by atoms with Crippen molar-refractivity contribution in [3.8, 4) is 22.3 Å². The highest BCUT2D eigenvalue weighted by atomic mass is 19.2. The average molecular weight is 507 g/mol. The molecule has 0 N–H and O–H groups in total. The molecule has 2 unspecified atom stereocenters. The van der Waals surface area contributed by atoms with E-state index in [1.807, 2.05) is 12.1 Å². The molecule has 4 heteroatoms. The van der Waals surface area contributed by atoms with Gasteiger partial charge in [0.05, 0.1) is 12.7 Å². The van der Waals surface area contributed by atoms with Crippen LogP contribution >= 0.6 is 0 Å². The summed E-state index contributed by atoms with van der Waals surface area (Å²) in [6, 6.07) is 15.5. The van der Waals surface area contributed by atoms with Gasteiger partial charge in [-0.15, -0.1) is 6.58 Å². The molecule has 1 aliphatic rings. The normalized spacial score (nSPS) is 17.6. The third-order valence-electron chi connectivity index (χ3n) is 7.48. The van der Waals surface area contributed by atoms with E-state index in [2.05, 4.69) is 13.5 Å². The van der Waals surface area contributed by atoms with E-state index in [0.29, 0.717) is 41.2 Å². The fourth-order valence-electron chi connectivity index (χ4n) is 5.19. The van der Waals surface area contributed by atoms with Crippen LogP contribution in [-0.2, 0) is 11.2 Å². The maximum atomic E-state index is 15.1. The Labute approximate surface area is 219 Å². The van der Waals surface area contributed by atoms with Gasteiger partial charge in [-0.25, -0.2) is 13.2 Å². The first-order valence-corrected chi connectivity index (χ1v) is 13.6.